The first-order valence-corrected chi connectivity index (χ1v) is 8.47. The van der Waals surface area contributed by atoms with Gasteiger partial charge in [-0.1, -0.05) is 25.1 Å². The third-order valence-corrected chi connectivity index (χ3v) is 4.74. The smallest absolute Gasteiger partial charge is 0.342 e. The normalized spacial score (nSPS) is 17.8. The lowest BCUT2D eigenvalue weighted by molar-refractivity contribution is -0.138. The summed E-state index contributed by atoms with van der Waals surface area (Å²) in [5.41, 5.74) is -0.242. The highest BCUT2D eigenvalue weighted by molar-refractivity contribution is 5.83. The number of alkyl halides is 3. The first kappa shape index (κ1) is 18.8. The van der Waals surface area contributed by atoms with Crippen LogP contribution >= 0.6 is 0 Å². The quantitative estimate of drug-likeness (QED) is 0.886. The lowest BCUT2D eigenvalue weighted by Crippen LogP contribution is -2.42. The molecule has 1 atom stereocenters. The fraction of sp³-hybridized carbons (Fsp3) is 0.611. The molecule has 2 rings (SSSR count). The zero-order valence-corrected chi connectivity index (χ0v) is 14.2. The van der Waals surface area contributed by atoms with Gasteiger partial charge in [0.15, 0.2) is 0 Å². The van der Waals surface area contributed by atoms with Gasteiger partial charge in [-0.25, -0.2) is 0 Å². The number of nitrogens with zero attached hydrogens (tertiary/aromatic N) is 1. The number of hydrogen-bond donors (Lipinski definition) is 1. The van der Waals surface area contributed by atoms with Crippen LogP contribution in [-0.2, 0) is 11.0 Å². The molecule has 0 radical (unpaired) electrons. The molecule has 0 spiro atoms. The fourth-order valence-electron chi connectivity index (χ4n) is 3.35. The predicted octanol–water partition coefficient (Wildman–Crippen LogP) is 3.66. The highest BCUT2D eigenvalue weighted by Gasteiger charge is 2.33. The predicted molar refractivity (Wildman–Crippen MR) is 87.7 cm³/mol. The number of carbonyl (C=O) groups excluding carboxylic acids is 1. The fourth-order valence-corrected chi connectivity index (χ4v) is 3.35. The number of benzene rings is 1. The van der Waals surface area contributed by atoms with Crippen molar-refractivity contribution in [3.63, 3.8) is 0 Å². The van der Waals surface area contributed by atoms with Crippen LogP contribution in [0, 0.1) is 5.92 Å². The minimum absolute atomic E-state index is 0.0558. The molecule has 1 saturated heterocycles. The summed E-state index contributed by atoms with van der Waals surface area (Å²) < 4.78 is 38.7. The molecule has 0 saturated carbocycles. The monoisotopic (exact) mass is 342 g/mol. The Morgan fingerprint density at radius 2 is 2.00 bits per heavy atom. The summed E-state index contributed by atoms with van der Waals surface area (Å²) in [6.07, 6.45) is -2.02. The minimum atomic E-state index is -4.39. The maximum atomic E-state index is 12.9. The van der Waals surface area contributed by atoms with Crippen LogP contribution in [0.5, 0.6) is 0 Å². The van der Waals surface area contributed by atoms with E-state index in [2.05, 4.69) is 5.32 Å². The van der Waals surface area contributed by atoms with E-state index in [0.717, 1.165) is 31.5 Å². The Bertz CT molecular complexity index is 551. The van der Waals surface area contributed by atoms with Gasteiger partial charge in [-0.05, 0) is 50.4 Å². The summed E-state index contributed by atoms with van der Waals surface area (Å²) in [7, 11) is 1.91. The molecule has 1 aliphatic heterocycles. The van der Waals surface area contributed by atoms with Gasteiger partial charge in [-0.15, -0.1) is 0 Å². The first-order valence-electron chi connectivity index (χ1n) is 8.47. The van der Waals surface area contributed by atoms with E-state index in [0.29, 0.717) is 31.0 Å². The molecule has 0 aliphatic carbocycles. The Hall–Kier alpha value is -1.56. The molecule has 1 N–H and O–H groups in total. The average molecular weight is 342 g/mol. The molecule has 0 bridgehead atoms. The molecule has 6 heteroatoms. The van der Waals surface area contributed by atoms with Crippen LogP contribution in [0.1, 0.15) is 43.2 Å². The lowest BCUT2D eigenvalue weighted by atomic mass is 9.91. The van der Waals surface area contributed by atoms with E-state index in [-0.39, 0.29) is 5.91 Å². The van der Waals surface area contributed by atoms with Crippen LogP contribution in [0.2, 0.25) is 0 Å². The lowest BCUT2D eigenvalue weighted by Gasteiger charge is -2.34. The number of likely N-dealkylation sites (tertiary alicyclic amines) is 1. The van der Waals surface area contributed by atoms with Crippen LogP contribution in [0.25, 0.3) is 0 Å². The summed E-state index contributed by atoms with van der Waals surface area (Å²) in [6.45, 7) is 4.14. The average Bonchev–Trinajstić information content (AvgIpc) is 2.56. The van der Waals surface area contributed by atoms with Gasteiger partial charge in [0.25, 0.3) is 0 Å². The van der Waals surface area contributed by atoms with Gasteiger partial charge in [0.05, 0.1) is 11.5 Å². The molecule has 1 amide bonds. The Morgan fingerprint density at radius 3 is 2.54 bits per heavy atom. The number of nitrogens with one attached hydrogen (secondary N) is 1. The molecule has 1 unspecified atom stereocenters. The summed E-state index contributed by atoms with van der Waals surface area (Å²) in [4.78, 5) is 14.6. The van der Waals surface area contributed by atoms with Crippen LogP contribution in [0.4, 0.5) is 13.2 Å². The Kier molecular flexibility index (Phi) is 6.27. The van der Waals surface area contributed by atoms with Gasteiger partial charge in [0.1, 0.15) is 0 Å². The molecule has 1 heterocycles. The second kappa shape index (κ2) is 8.01. The van der Waals surface area contributed by atoms with Gasteiger partial charge >= 0.3 is 6.18 Å². The van der Waals surface area contributed by atoms with E-state index < -0.39 is 17.7 Å². The summed E-state index contributed by atoms with van der Waals surface area (Å²) in [5.74, 6) is 0.000524. The van der Waals surface area contributed by atoms with Crippen LogP contribution in [0.3, 0.4) is 0 Å². The number of carbonyl (C=O) groups is 1. The van der Waals surface area contributed by atoms with E-state index in [1.165, 1.54) is 6.07 Å². The molecular weight excluding hydrogens is 317 g/mol. The zero-order chi connectivity index (χ0) is 17.7. The van der Waals surface area contributed by atoms with Crippen LogP contribution < -0.4 is 5.32 Å². The van der Waals surface area contributed by atoms with Gasteiger partial charge in [0.2, 0.25) is 5.91 Å². The molecular formula is C18H25F3N2O. The van der Waals surface area contributed by atoms with Crippen molar-refractivity contribution in [3.8, 4) is 0 Å². The van der Waals surface area contributed by atoms with Crippen molar-refractivity contribution in [3.05, 3.63) is 35.4 Å². The molecule has 24 heavy (non-hydrogen) atoms. The summed E-state index contributed by atoms with van der Waals surface area (Å²) in [5, 5.41) is 3.15. The highest BCUT2D eigenvalue weighted by Crippen LogP contribution is 2.32. The van der Waals surface area contributed by atoms with Crippen molar-refractivity contribution in [2.24, 2.45) is 5.92 Å². The van der Waals surface area contributed by atoms with Crippen LogP contribution in [-0.4, -0.2) is 37.5 Å². The van der Waals surface area contributed by atoms with E-state index in [1.54, 1.807) is 11.0 Å². The molecule has 1 aromatic rings. The highest BCUT2D eigenvalue weighted by atomic mass is 19.4. The first-order chi connectivity index (χ1) is 11.4. The van der Waals surface area contributed by atoms with E-state index in [9.17, 15) is 18.0 Å². The Morgan fingerprint density at radius 1 is 1.33 bits per heavy atom. The minimum Gasteiger partial charge on any atom is -0.342 e. The molecule has 0 aromatic heterocycles. The van der Waals surface area contributed by atoms with E-state index in [4.69, 9.17) is 0 Å². The molecule has 3 nitrogen and oxygen atoms in total. The van der Waals surface area contributed by atoms with Crippen molar-refractivity contribution in [1.29, 1.82) is 0 Å². The number of halogens is 3. The molecule has 1 aliphatic rings. The Balaban J connectivity index is 2.10. The molecule has 1 aromatic carbocycles. The van der Waals surface area contributed by atoms with Crippen LogP contribution in [0.15, 0.2) is 24.3 Å². The SMILES string of the molecule is CCC(C(=O)N1CCC(CNC)CC1)c1cccc(C(F)(F)F)c1. The van der Waals surface area contributed by atoms with Crippen molar-refractivity contribution < 1.29 is 18.0 Å². The van der Waals surface area contributed by atoms with Gasteiger partial charge in [0, 0.05) is 13.1 Å². The topological polar surface area (TPSA) is 32.3 Å². The zero-order valence-electron chi connectivity index (χ0n) is 14.2. The largest absolute Gasteiger partial charge is 0.416 e. The number of amides is 1. The van der Waals surface area contributed by atoms with E-state index in [1.807, 2.05) is 14.0 Å². The van der Waals surface area contributed by atoms with Gasteiger partial charge in [-0.2, -0.15) is 13.2 Å². The van der Waals surface area contributed by atoms with Gasteiger partial charge in [-0.3, -0.25) is 4.79 Å². The molecule has 1 fully saturated rings. The standard InChI is InChI=1S/C18H25F3N2O/c1-3-16(14-5-4-6-15(11-14)18(19,20)21)17(24)23-9-7-13(8-10-23)12-22-2/h4-6,11,13,16,22H,3,7-10,12H2,1-2H3. The summed E-state index contributed by atoms with van der Waals surface area (Å²) in [6, 6.07) is 5.16. The van der Waals surface area contributed by atoms with Crippen molar-refractivity contribution in [1.82, 2.24) is 10.2 Å². The third-order valence-electron chi connectivity index (χ3n) is 4.74. The molecule has 134 valence electrons. The maximum Gasteiger partial charge on any atom is 0.416 e. The van der Waals surface area contributed by atoms with Gasteiger partial charge < -0.3 is 10.2 Å². The second-order valence-electron chi connectivity index (χ2n) is 6.41. The number of rotatable bonds is 5. The van der Waals surface area contributed by atoms with Crippen molar-refractivity contribution in [2.45, 2.75) is 38.3 Å². The Labute approximate surface area is 141 Å². The van der Waals surface area contributed by atoms with Crippen molar-refractivity contribution in [2.75, 3.05) is 26.7 Å². The maximum absolute atomic E-state index is 12.9. The summed E-state index contributed by atoms with van der Waals surface area (Å²) >= 11 is 0. The third kappa shape index (κ3) is 4.50. The number of piperidine rings is 1. The van der Waals surface area contributed by atoms with E-state index >= 15 is 0 Å². The second-order valence-corrected chi connectivity index (χ2v) is 6.41. The van der Waals surface area contributed by atoms with Crippen molar-refractivity contribution >= 4 is 5.91 Å². The number of hydrogen-bond acceptors (Lipinski definition) is 2.